The van der Waals surface area contributed by atoms with E-state index in [9.17, 15) is 4.79 Å². The van der Waals surface area contributed by atoms with E-state index < -0.39 is 0 Å². The minimum absolute atomic E-state index is 0.0282. The van der Waals surface area contributed by atoms with E-state index in [0.717, 1.165) is 22.1 Å². The first kappa shape index (κ1) is 15.1. The second-order valence-corrected chi connectivity index (χ2v) is 5.83. The number of hydrogen-bond acceptors (Lipinski definition) is 5. The zero-order valence-corrected chi connectivity index (χ0v) is 13.7. The first-order valence-corrected chi connectivity index (χ1v) is 7.81. The van der Waals surface area contributed by atoms with Crippen molar-refractivity contribution in [2.75, 3.05) is 5.32 Å². The summed E-state index contributed by atoms with van der Waals surface area (Å²) in [6, 6.07) is 15.1. The number of aryl methyl sites for hydroxylation is 2. The first-order valence-electron chi connectivity index (χ1n) is 7.81. The zero-order valence-electron chi connectivity index (χ0n) is 13.7. The van der Waals surface area contributed by atoms with Crippen LogP contribution >= 0.6 is 0 Å². The van der Waals surface area contributed by atoms with Gasteiger partial charge in [-0.1, -0.05) is 41.0 Å². The Balaban J connectivity index is 1.57. The molecule has 0 aliphatic rings. The molecule has 1 amide bonds. The van der Waals surface area contributed by atoms with Gasteiger partial charge in [0.2, 0.25) is 0 Å². The molecule has 2 heterocycles. The smallest absolute Gasteiger partial charge is 0.322 e. The Hall–Kier alpha value is -3.41. The average molecular weight is 333 g/mol. The van der Waals surface area contributed by atoms with Gasteiger partial charge in [0.1, 0.15) is 5.58 Å². The van der Waals surface area contributed by atoms with Crippen molar-refractivity contribution in [3.05, 3.63) is 65.2 Å². The summed E-state index contributed by atoms with van der Waals surface area (Å²) in [7, 11) is 0. The number of fused-ring (bicyclic) bond motifs is 1. The average Bonchev–Trinajstić information content (AvgIpc) is 3.20. The molecule has 0 bridgehead atoms. The van der Waals surface area contributed by atoms with Gasteiger partial charge in [0.15, 0.2) is 5.76 Å². The molecule has 0 fully saturated rings. The predicted molar refractivity (Wildman–Crippen MR) is 93.4 cm³/mol. The maximum absolute atomic E-state index is 12.4. The Morgan fingerprint density at radius 2 is 1.84 bits per heavy atom. The molecular formula is C19H15N3O3. The summed E-state index contributed by atoms with van der Waals surface area (Å²) in [5, 5.41) is 11.4. The van der Waals surface area contributed by atoms with Crippen molar-refractivity contribution >= 4 is 22.9 Å². The molecule has 0 unspecified atom stereocenters. The summed E-state index contributed by atoms with van der Waals surface area (Å²) in [5.41, 5.74) is 3.28. The Morgan fingerprint density at radius 1 is 1.00 bits per heavy atom. The molecule has 25 heavy (non-hydrogen) atoms. The minimum Gasteiger partial charge on any atom is -0.451 e. The molecule has 4 rings (SSSR count). The van der Waals surface area contributed by atoms with Crippen LogP contribution < -0.4 is 5.32 Å². The molecule has 0 atom stereocenters. The first-order chi connectivity index (χ1) is 12.1. The second-order valence-electron chi connectivity index (χ2n) is 5.83. The topological polar surface area (TPSA) is 81.2 Å². The molecule has 6 heteroatoms. The van der Waals surface area contributed by atoms with Gasteiger partial charge in [-0.2, -0.15) is 0 Å². The summed E-state index contributed by atoms with van der Waals surface area (Å²) >= 11 is 0. The lowest BCUT2D eigenvalue weighted by atomic mass is 10.1. The monoisotopic (exact) mass is 333 g/mol. The maximum atomic E-state index is 12.4. The van der Waals surface area contributed by atoms with E-state index in [1.165, 1.54) is 0 Å². The van der Waals surface area contributed by atoms with Gasteiger partial charge in [0.05, 0.1) is 0 Å². The molecule has 0 saturated carbocycles. The van der Waals surface area contributed by atoms with E-state index in [4.69, 9.17) is 8.83 Å². The van der Waals surface area contributed by atoms with Crippen LogP contribution in [0.2, 0.25) is 0 Å². The fourth-order valence-corrected chi connectivity index (χ4v) is 2.69. The van der Waals surface area contributed by atoms with E-state index in [1.807, 2.05) is 56.3 Å². The molecule has 0 radical (unpaired) electrons. The number of rotatable bonds is 3. The normalized spacial score (nSPS) is 11.0. The van der Waals surface area contributed by atoms with Crippen molar-refractivity contribution in [3.63, 3.8) is 0 Å². The molecule has 124 valence electrons. The van der Waals surface area contributed by atoms with Crippen LogP contribution in [-0.2, 0) is 0 Å². The number of nitrogens with one attached hydrogen (secondary N) is 1. The fourth-order valence-electron chi connectivity index (χ4n) is 2.69. The largest absolute Gasteiger partial charge is 0.451 e. The number of carbonyl (C=O) groups is 1. The Labute approximate surface area is 143 Å². The van der Waals surface area contributed by atoms with Crippen LogP contribution in [0.3, 0.4) is 0 Å². The van der Waals surface area contributed by atoms with Crippen molar-refractivity contribution in [1.82, 2.24) is 10.2 Å². The molecule has 2 aromatic heterocycles. The summed E-state index contributed by atoms with van der Waals surface area (Å²) in [4.78, 5) is 12.4. The lowest BCUT2D eigenvalue weighted by molar-refractivity contribution is 0.102. The molecule has 1 N–H and O–H groups in total. The zero-order chi connectivity index (χ0) is 17.4. The molecule has 0 aliphatic heterocycles. The molecule has 0 spiro atoms. The molecular weight excluding hydrogens is 318 g/mol. The van der Waals surface area contributed by atoms with Gasteiger partial charge in [-0.3, -0.25) is 10.1 Å². The highest BCUT2D eigenvalue weighted by Crippen LogP contribution is 2.27. The number of para-hydroxylation sites is 1. The molecule has 6 nitrogen and oxygen atoms in total. The Kier molecular flexibility index (Phi) is 3.57. The van der Waals surface area contributed by atoms with Crippen LogP contribution in [0.5, 0.6) is 0 Å². The summed E-state index contributed by atoms with van der Waals surface area (Å²) < 4.78 is 11.2. The number of amides is 1. The molecule has 4 aromatic rings. The van der Waals surface area contributed by atoms with Gasteiger partial charge < -0.3 is 8.83 Å². The van der Waals surface area contributed by atoms with E-state index in [0.29, 0.717) is 11.3 Å². The van der Waals surface area contributed by atoms with Crippen molar-refractivity contribution in [1.29, 1.82) is 0 Å². The number of nitrogens with zero attached hydrogens (tertiary/aromatic N) is 2. The minimum atomic E-state index is -0.294. The third-order valence-electron chi connectivity index (χ3n) is 3.91. The number of hydrogen-bond donors (Lipinski definition) is 1. The standard InChI is InChI=1S/C19H15N3O3/c1-11-7-8-14(12(2)9-11)17(23)20-19-22-21-18(25-19)16-10-13-5-3-4-6-15(13)24-16/h3-10H,1-2H3,(H,20,22,23). The van der Waals surface area contributed by atoms with Crippen molar-refractivity contribution < 1.29 is 13.6 Å². The lowest BCUT2D eigenvalue weighted by Gasteiger charge is -2.05. The molecule has 0 aliphatic carbocycles. The molecule has 2 aromatic carbocycles. The van der Waals surface area contributed by atoms with Crippen LogP contribution in [0.25, 0.3) is 22.6 Å². The highest BCUT2D eigenvalue weighted by Gasteiger charge is 2.16. The number of furan rings is 1. The van der Waals surface area contributed by atoms with Gasteiger partial charge in [-0.25, -0.2) is 0 Å². The van der Waals surface area contributed by atoms with Gasteiger partial charge in [0.25, 0.3) is 11.8 Å². The van der Waals surface area contributed by atoms with Gasteiger partial charge in [0, 0.05) is 10.9 Å². The van der Waals surface area contributed by atoms with E-state index in [2.05, 4.69) is 15.5 Å². The van der Waals surface area contributed by atoms with Crippen LogP contribution in [0.1, 0.15) is 21.5 Å². The fraction of sp³-hybridized carbons (Fsp3) is 0.105. The van der Waals surface area contributed by atoms with Crippen molar-refractivity contribution in [2.24, 2.45) is 0 Å². The Bertz CT molecular complexity index is 1050. The number of anilines is 1. The number of aromatic nitrogens is 2. The quantitative estimate of drug-likeness (QED) is 0.603. The second kappa shape index (κ2) is 5.90. The summed E-state index contributed by atoms with van der Waals surface area (Å²) in [6.07, 6.45) is 0. The highest BCUT2D eigenvalue weighted by atomic mass is 16.4. The van der Waals surface area contributed by atoms with E-state index >= 15 is 0 Å². The van der Waals surface area contributed by atoms with E-state index in [1.54, 1.807) is 6.07 Å². The summed E-state index contributed by atoms with van der Waals surface area (Å²) in [6.45, 7) is 3.86. The molecule has 0 saturated heterocycles. The summed E-state index contributed by atoms with van der Waals surface area (Å²) in [5.74, 6) is 0.380. The van der Waals surface area contributed by atoms with Gasteiger partial charge in [-0.05, 0) is 37.6 Å². The third kappa shape index (κ3) is 2.89. The van der Waals surface area contributed by atoms with Crippen LogP contribution in [0, 0.1) is 13.8 Å². The van der Waals surface area contributed by atoms with E-state index in [-0.39, 0.29) is 17.8 Å². The van der Waals surface area contributed by atoms with Crippen molar-refractivity contribution in [3.8, 4) is 11.7 Å². The van der Waals surface area contributed by atoms with Crippen molar-refractivity contribution in [2.45, 2.75) is 13.8 Å². The Morgan fingerprint density at radius 3 is 2.64 bits per heavy atom. The maximum Gasteiger partial charge on any atom is 0.322 e. The van der Waals surface area contributed by atoms with Crippen LogP contribution in [-0.4, -0.2) is 16.1 Å². The number of carbonyl (C=O) groups excluding carboxylic acids is 1. The highest BCUT2D eigenvalue weighted by molar-refractivity contribution is 6.04. The lowest BCUT2D eigenvalue weighted by Crippen LogP contribution is -2.13. The third-order valence-corrected chi connectivity index (χ3v) is 3.91. The number of benzene rings is 2. The van der Waals surface area contributed by atoms with Gasteiger partial charge >= 0.3 is 6.01 Å². The predicted octanol–water partition coefficient (Wildman–Crippen LogP) is 4.35. The SMILES string of the molecule is Cc1ccc(C(=O)Nc2nnc(-c3cc4ccccc4o3)o2)c(C)c1. The van der Waals surface area contributed by atoms with Crippen LogP contribution in [0.4, 0.5) is 6.01 Å². The van der Waals surface area contributed by atoms with Crippen LogP contribution in [0.15, 0.2) is 57.4 Å². The van der Waals surface area contributed by atoms with Gasteiger partial charge in [-0.15, -0.1) is 5.10 Å².